The van der Waals surface area contributed by atoms with E-state index >= 15 is 0 Å². The molecule has 1 saturated heterocycles. The molecule has 0 bridgehead atoms. The van der Waals surface area contributed by atoms with Gasteiger partial charge in [0.1, 0.15) is 5.82 Å². The molecule has 0 saturated carbocycles. The molecule has 1 aromatic rings. The lowest BCUT2D eigenvalue weighted by atomic mass is 10.2. The van der Waals surface area contributed by atoms with Gasteiger partial charge in [-0.2, -0.15) is 0 Å². The second kappa shape index (κ2) is 6.32. The number of nitrogens with zero attached hydrogens (tertiary/aromatic N) is 2. The number of carbonyl (C=O) groups is 1. The van der Waals surface area contributed by atoms with Crippen molar-refractivity contribution in [2.45, 2.75) is 19.4 Å². The molecule has 1 aliphatic heterocycles. The van der Waals surface area contributed by atoms with Crippen molar-refractivity contribution < 1.29 is 4.79 Å². The Bertz CT molecular complexity index is 584. The summed E-state index contributed by atoms with van der Waals surface area (Å²) in [4.78, 5) is 15.0. The van der Waals surface area contributed by atoms with Crippen molar-refractivity contribution in [1.82, 2.24) is 9.80 Å². The van der Waals surface area contributed by atoms with Crippen LogP contribution in [0.5, 0.6) is 0 Å². The summed E-state index contributed by atoms with van der Waals surface area (Å²) >= 11 is 0. The Balaban J connectivity index is 2.28. The summed E-state index contributed by atoms with van der Waals surface area (Å²) in [5.74, 6) is 0.728. The van der Waals surface area contributed by atoms with E-state index in [0.29, 0.717) is 0 Å². The number of nitrogens with two attached hydrogens (primary N) is 2. The molecule has 1 heterocycles. The lowest BCUT2D eigenvalue weighted by molar-refractivity contribution is -0.119. The molecule has 1 aromatic carbocycles. The minimum absolute atomic E-state index is 0.241. The summed E-state index contributed by atoms with van der Waals surface area (Å²) < 4.78 is 0. The highest BCUT2D eigenvalue weighted by molar-refractivity contribution is 5.48. The maximum absolute atomic E-state index is 11.0. The van der Waals surface area contributed by atoms with Crippen molar-refractivity contribution >= 4 is 18.4 Å². The van der Waals surface area contributed by atoms with Gasteiger partial charge in [0, 0.05) is 36.3 Å². The first-order valence-corrected chi connectivity index (χ1v) is 6.94. The van der Waals surface area contributed by atoms with Crippen molar-refractivity contribution in [2.24, 2.45) is 11.5 Å². The van der Waals surface area contributed by atoms with E-state index < -0.39 is 0 Å². The van der Waals surface area contributed by atoms with E-state index in [1.54, 1.807) is 6.20 Å². The van der Waals surface area contributed by atoms with Gasteiger partial charge in [0.2, 0.25) is 6.41 Å². The van der Waals surface area contributed by atoms with E-state index in [2.05, 4.69) is 4.90 Å². The van der Waals surface area contributed by atoms with Crippen LogP contribution in [0.1, 0.15) is 13.3 Å². The van der Waals surface area contributed by atoms with Gasteiger partial charge < -0.3 is 21.3 Å². The predicted octanol–water partition coefficient (Wildman–Crippen LogP) is -1.04. The Morgan fingerprint density at radius 2 is 2.25 bits per heavy atom. The molecule has 2 rings (SSSR count). The van der Waals surface area contributed by atoms with E-state index in [4.69, 9.17) is 11.5 Å². The predicted molar refractivity (Wildman–Crippen MR) is 80.4 cm³/mol. The number of hydrogen-bond acceptors (Lipinski definition) is 4. The van der Waals surface area contributed by atoms with E-state index in [1.165, 1.54) is 0 Å². The SMILES string of the molecule is CCN(C=O)C1CCN(/C(N)=c2\cccc\c2=C\N)C1. The summed E-state index contributed by atoms with van der Waals surface area (Å²) in [7, 11) is 0. The highest BCUT2D eigenvalue weighted by Crippen LogP contribution is 2.16. The van der Waals surface area contributed by atoms with Crippen LogP contribution in [0.3, 0.4) is 0 Å². The van der Waals surface area contributed by atoms with Gasteiger partial charge in [-0.05, 0) is 13.3 Å². The Kier molecular flexibility index (Phi) is 4.50. The Hall–Kier alpha value is -2.17. The van der Waals surface area contributed by atoms with Crippen LogP contribution in [-0.2, 0) is 4.79 Å². The summed E-state index contributed by atoms with van der Waals surface area (Å²) in [6.45, 7) is 4.36. The Morgan fingerprint density at radius 1 is 1.50 bits per heavy atom. The minimum atomic E-state index is 0.241. The zero-order valence-electron chi connectivity index (χ0n) is 11.8. The van der Waals surface area contributed by atoms with Crippen LogP contribution in [0.4, 0.5) is 0 Å². The third kappa shape index (κ3) is 2.71. The number of hydrogen-bond donors (Lipinski definition) is 2. The van der Waals surface area contributed by atoms with Crippen LogP contribution >= 0.6 is 0 Å². The number of likely N-dealkylation sites (tertiary alicyclic amines) is 1. The molecule has 108 valence electrons. The lowest BCUT2D eigenvalue weighted by Gasteiger charge is -2.24. The molecule has 5 heteroatoms. The topological polar surface area (TPSA) is 75.6 Å². The average molecular weight is 274 g/mol. The first-order chi connectivity index (χ1) is 9.71. The highest BCUT2D eigenvalue weighted by Gasteiger charge is 2.26. The van der Waals surface area contributed by atoms with E-state index in [1.807, 2.05) is 36.1 Å². The van der Waals surface area contributed by atoms with Crippen molar-refractivity contribution in [1.29, 1.82) is 0 Å². The van der Waals surface area contributed by atoms with Crippen molar-refractivity contribution in [3.8, 4) is 0 Å². The number of likely N-dealkylation sites (N-methyl/N-ethyl adjacent to an activating group) is 1. The normalized spacial score (nSPS) is 20.9. The smallest absolute Gasteiger partial charge is 0.210 e. The molecule has 1 atom stereocenters. The van der Waals surface area contributed by atoms with Crippen molar-refractivity contribution in [3.05, 3.63) is 34.7 Å². The first-order valence-electron chi connectivity index (χ1n) is 6.94. The van der Waals surface area contributed by atoms with Gasteiger partial charge in [-0.15, -0.1) is 0 Å². The van der Waals surface area contributed by atoms with Gasteiger partial charge in [0.25, 0.3) is 0 Å². The molecule has 1 amide bonds. The fourth-order valence-electron chi connectivity index (χ4n) is 2.70. The van der Waals surface area contributed by atoms with E-state index in [-0.39, 0.29) is 6.04 Å². The van der Waals surface area contributed by atoms with Crippen LogP contribution < -0.4 is 21.9 Å². The van der Waals surface area contributed by atoms with Gasteiger partial charge in [-0.3, -0.25) is 4.79 Å². The Labute approximate surface area is 119 Å². The number of amides is 1. The molecule has 4 N–H and O–H groups in total. The van der Waals surface area contributed by atoms with Crippen LogP contribution in [-0.4, -0.2) is 41.9 Å². The van der Waals surface area contributed by atoms with Gasteiger partial charge in [-0.1, -0.05) is 24.3 Å². The maximum atomic E-state index is 11.0. The first kappa shape index (κ1) is 14.2. The third-order valence-corrected chi connectivity index (χ3v) is 3.89. The molecule has 1 fully saturated rings. The molecular formula is C15H22N4O. The average Bonchev–Trinajstić information content (AvgIpc) is 2.97. The molecule has 1 aliphatic rings. The maximum Gasteiger partial charge on any atom is 0.210 e. The molecule has 1 unspecified atom stereocenters. The monoisotopic (exact) mass is 274 g/mol. The zero-order valence-corrected chi connectivity index (χ0v) is 11.8. The fraction of sp³-hybridized carbons (Fsp3) is 0.400. The van der Waals surface area contributed by atoms with E-state index in [0.717, 1.165) is 48.7 Å². The molecule has 5 nitrogen and oxygen atoms in total. The molecule has 0 radical (unpaired) electrons. The van der Waals surface area contributed by atoms with Gasteiger partial charge >= 0.3 is 0 Å². The summed E-state index contributed by atoms with van der Waals surface area (Å²) in [5.41, 5.74) is 11.9. The molecule has 20 heavy (non-hydrogen) atoms. The van der Waals surface area contributed by atoms with Crippen LogP contribution in [0.25, 0.3) is 12.0 Å². The van der Waals surface area contributed by atoms with Crippen molar-refractivity contribution in [2.75, 3.05) is 19.6 Å². The van der Waals surface area contributed by atoms with Crippen molar-refractivity contribution in [3.63, 3.8) is 0 Å². The van der Waals surface area contributed by atoms with Crippen LogP contribution in [0.2, 0.25) is 0 Å². The second-order valence-electron chi connectivity index (χ2n) is 4.96. The lowest BCUT2D eigenvalue weighted by Crippen LogP contribution is -2.40. The van der Waals surface area contributed by atoms with Gasteiger partial charge in [0.05, 0.1) is 6.04 Å². The molecule has 0 aromatic heterocycles. The van der Waals surface area contributed by atoms with E-state index in [9.17, 15) is 4.79 Å². The number of benzene rings is 1. The quantitative estimate of drug-likeness (QED) is 0.688. The Morgan fingerprint density at radius 3 is 2.90 bits per heavy atom. The van der Waals surface area contributed by atoms with Crippen LogP contribution in [0.15, 0.2) is 24.3 Å². The zero-order chi connectivity index (χ0) is 14.5. The minimum Gasteiger partial charge on any atom is -0.404 e. The van der Waals surface area contributed by atoms with Gasteiger partial charge in [0.15, 0.2) is 0 Å². The molecular weight excluding hydrogens is 252 g/mol. The standard InChI is InChI=1S/C15H22N4O/c1-2-18(11-20)13-7-8-19(10-13)15(17)14-6-4-3-5-12(14)9-16/h3-6,9,11,13H,2,7-8,10,16-17H2,1H3/b12-9-,15-14+. The number of rotatable bonds is 4. The van der Waals surface area contributed by atoms with Gasteiger partial charge in [-0.25, -0.2) is 0 Å². The third-order valence-electron chi connectivity index (χ3n) is 3.89. The summed E-state index contributed by atoms with van der Waals surface area (Å²) in [5, 5.41) is 1.88. The van der Waals surface area contributed by atoms with Crippen LogP contribution in [0, 0.1) is 0 Å². The second-order valence-corrected chi connectivity index (χ2v) is 4.96. The summed E-state index contributed by atoms with van der Waals surface area (Å²) in [6.07, 6.45) is 3.44. The summed E-state index contributed by atoms with van der Waals surface area (Å²) in [6, 6.07) is 8.04. The molecule has 0 aliphatic carbocycles. The number of carbonyl (C=O) groups excluding carboxylic acids is 1. The largest absolute Gasteiger partial charge is 0.404 e. The fourth-order valence-corrected chi connectivity index (χ4v) is 2.70. The molecule has 0 spiro atoms. The highest BCUT2D eigenvalue weighted by atomic mass is 16.1.